The van der Waals surface area contributed by atoms with Crippen molar-refractivity contribution in [2.75, 3.05) is 0 Å². The van der Waals surface area contributed by atoms with E-state index in [2.05, 4.69) is 32.7 Å². The van der Waals surface area contributed by atoms with Crippen LogP contribution in [0, 0.1) is 3.57 Å². The zero-order valence-electron chi connectivity index (χ0n) is 13.5. The molecule has 3 aromatic carbocycles. The van der Waals surface area contributed by atoms with Gasteiger partial charge in [-0.05, 0) is 95.4 Å². The van der Waals surface area contributed by atoms with Gasteiger partial charge in [0.1, 0.15) is 17.2 Å². The van der Waals surface area contributed by atoms with Crippen molar-refractivity contribution in [2.45, 2.75) is 0 Å². The molecule has 0 amide bonds. The second kappa shape index (κ2) is 7.17. The standard InChI is InChI=1S/C20H13IN2O3/c21-15-5-11-18(12-6-15)25-17-9-3-13(4-10-17)19-22-20(26-23-19)14-1-7-16(24)8-2-14/h1-12,24H. The third-order valence-electron chi connectivity index (χ3n) is 3.70. The molecule has 128 valence electrons. The van der Waals surface area contributed by atoms with Crippen LogP contribution in [-0.2, 0) is 0 Å². The highest BCUT2D eigenvalue weighted by Crippen LogP contribution is 2.27. The molecule has 4 rings (SSSR count). The van der Waals surface area contributed by atoms with Gasteiger partial charge >= 0.3 is 0 Å². The molecule has 0 radical (unpaired) electrons. The Hall–Kier alpha value is -2.87. The number of aromatic nitrogens is 2. The largest absolute Gasteiger partial charge is 0.508 e. The first kappa shape index (κ1) is 16.6. The van der Waals surface area contributed by atoms with Gasteiger partial charge in [0, 0.05) is 14.7 Å². The highest BCUT2D eigenvalue weighted by Gasteiger charge is 2.11. The normalized spacial score (nSPS) is 10.7. The number of nitrogens with zero attached hydrogens (tertiary/aromatic N) is 2. The smallest absolute Gasteiger partial charge is 0.258 e. The first-order chi connectivity index (χ1) is 12.7. The predicted octanol–water partition coefficient (Wildman–Crippen LogP) is 5.51. The Morgan fingerprint density at radius 1 is 0.769 bits per heavy atom. The van der Waals surface area contributed by atoms with Crippen molar-refractivity contribution in [1.29, 1.82) is 0 Å². The van der Waals surface area contributed by atoms with E-state index in [4.69, 9.17) is 9.26 Å². The van der Waals surface area contributed by atoms with Crippen LogP contribution in [0.5, 0.6) is 17.2 Å². The van der Waals surface area contributed by atoms with Gasteiger partial charge in [0.25, 0.3) is 5.89 Å². The minimum absolute atomic E-state index is 0.192. The number of ether oxygens (including phenoxy) is 1. The van der Waals surface area contributed by atoms with Crippen molar-refractivity contribution in [3.8, 4) is 40.1 Å². The average molecular weight is 456 g/mol. The Labute approximate surface area is 163 Å². The van der Waals surface area contributed by atoms with Crippen LogP contribution in [0.2, 0.25) is 0 Å². The molecule has 1 heterocycles. The summed E-state index contributed by atoms with van der Waals surface area (Å²) < 4.78 is 12.3. The van der Waals surface area contributed by atoms with Gasteiger partial charge in [-0.15, -0.1) is 0 Å². The van der Waals surface area contributed by atoms with Crippen molar-refractivity contribution in [3.05, 3.63) is 76.4 Å². The fraction of sp³-hybridized carbons (Fsp3) is 0. The van der Waals surface area contributed by atoms with Gasteiger partial charge in [0.15, 0.2) is 0 Å². The van der Waals surface area contributed by atoms with Crippen molar-refractivity contribution >= 4 is 22.6 Å². The predicted molar refractivity (Wildman–Crippen MR) is 106 cm³/mol. The molecule has 4 aromatic rings. The molecule has 5 nitrogen and oxygen atoms in total. The van der Waals surface area contributed by atoms with E-state index < -0.39 is 0 Å². The number of aromatic hydroxyl groups is 1. The van der Waals surface area contributed by atoms with Crippen molar-refractivity contribution in [1.82, 2.24) is 10.1 Å². The topological polar surface area (TPSA) is 68.4 Å². The molecule has 1 aromatic heterocycles. The Balaban J connectivity index is 1.52. The maximum Gasteiger partial charge on any atom is 0.258 e. The monoisotopic (exact) mass is 456 g/mol. The molecule has 0 spiro atoms. The quantitative estimate of drug-likeness (QED) is 0.411. The number of rotatable bonds is 4. The molecule has 0 aliphatic heterocycles. The van der Waals surface area contributed by atoms with Gasteiger partial charge in [-0.2, -0.15) is 4.98 Å². The molecule has 0 atom stereocenters. The van der Waals surface area contributed by atoms with Crippen LogP contribution in [0.1, 0.15) is 0 Å². The molecule has 6 heteroatoms. The van der Waals surface area contributed by atoms with E-state index >= 15 is 0 Å². The number of benzene rings is 3. The lowest BCUT2D eigenvalue weighted by atomic mass is 10.2. The Bertz CT molecular complexity index is 1010. The average Bonchev–Trinajstić information content (AvgIpc) is 3.15. The Morgan fingerprint density at radius 3 is 2.00 bits per heavy atom. The zero-order chi connectivity index (χ0) is 17.9. The van der Waals surface area contributed by atoms with Crippen LogP contribution >= 0.6 is 22.6 Å². The summed E-state index contributed by atoms with van der Waals surface area (Å²) in [5.74, 6) is 2.61. The number of phenols is 1. The number of hydrogen-bond donors (Lipinski definition) is 1. The molecule has 0 aliphatic rings. The van der Waals surface area contributed by atoms with Crippen molar-refractivity contribution in [2.24, 2.45) is 0 Å². The van der Waals surface area contributed by atoms with E-state index in [-0.39, 0.29) is 5.75 Å². The second-order valence-corrected chi connectivity index (χ2v) is 6.80. The summed E-state index contributed by atoms with van der Waals surface area (Å²) in [6, 6.07) is 22.0. The third kappa shape index (κ3) is 3.70. The summed E-state index contributed by atoms with van der Waals surface area (Å²) in [4.78, 5) is 4.40. The van der Waals surface area contributed by atoms with Gasteiger partial charge in [-0.3, -0.25) is 0 Å². The van der Waals surface area contributed by atoms with Crippen LogP contribution in [0.3, 0.4) is 0 Å². The molecular weight excluding hydrogens is 443 g/mol. The van der Waals surface area contributed by atoms with E-state index in [0.29, 0.717) is 11.7 Å². The third-order valence-corrected chi connectivity index (χ3v) is 4.42. The maximum atomic E-state index is 9.35. The first-order valence-electron chi connectivity index (χ1n) is 7.84. The molecule has 0 aliphatic carbocycles. The first-order valence-corrected chi connectivity index (χ1v) is 8.92. The lowest BCUT2D eigenvalue weighted by molar-refractivity contribution is 0.432. The van der Waals surface area contributed by atoms with E-state index in [1.165, 1.54) is 0 Å². The van der Waals surface area contributed by atoms with Crippen LogP contribution in [-0.4, -0.2) is 15.2 Å². The molecule has 0 fully saturated rings. The van der Waals surface area contributed by atoms with Gasteiger partial charge < -0.3 is 14.4 Å². The molecule has 26 heavy (non-hydrogen) atoms. The molecule has 0 unspecified atom stereocenters. The minimum atomic E-state index is 0.192. The summed E-state index contributed by atoms with van der Waals surface area (Å²) >= 11 is 2.26. The maximum absolute atomic E-state index is 9.35. The van der Waals surface area contributed by atoms with E-state index in [9.17, 15) is 5.11 Å². The molecular formula is C20H13IN2O3. The van der Waals surface area contributed by atoms with Gasteiger partial charge in [0.05, 0.1) is 0 Å². The number of hydrogen-bond acceptors (Lipinski definition) is 5. The summed E-state index contributed by atoms with van der Waals surface area (Å²) in [5, 5.41) is 13.4. The summed E-state index contributed by atoms with van der Waals surface area (Å²) in [7, 11) is 0. The van der Waals surface area contributed by atoms with Gasteiger partial charge in [-0.25, -0.2) is 0 Å². The van der Waals surface area contributed by atoms with E-state index in [1.807, 2.05) is 48.5 Å². The highest BCUT2D eigenvalue weighted by atomic mass is 127. The molecule has 1 N–H and O–H groups in total. The van der Waals surface area contributed by atoms with Gasteiger partial charge in [-0.1, -0.05) is 5.16 Å². The van der Waals surface area contributed by atoms with Crippen LogP contribution in [0.15, 0.2) is 77.3 Å². The van der Waals surface area contributed by atoms with E-state index in [1.54, 1.807) is 24.3 Å². The minimum Gasteiger partial charge on any atom is -0.508 e. The lowest BCUT2D eigenvalue weighted by Crippen LogP contribution is -1.85. The fourth-order valence-corrected chi connectivity index (χ4v) is 2.73. The molecule has 0 saturated carbocycles. The number of halogens is 1. The second-order valence-electron chi connectivity index (χ2n) is 5.55. The number of phenolic OH excluding ortho intramolecular Hbond substituents is 1. The lowest BCUT2D eigenvalue weighted by Gasteiger charge is -2.05. The summed E-state index contributed by atoms with van der Waals surface area (Å²) in [6.07, 6.45) is 0. The van der Waals surface area contributed by atoms with Crippen molar-refractivity contribution < 1.29 is 14.4 Å². The summed E-state index contributed by atoms with van der Waals surface area (Å²) in [5.41, 5.74) is 1.58. The SMILES string of the molecule is Oc1ccc(-c2nc(-c3ccc(Oc4ccc(I)cc4)cc3)no2)cc1. The van der Waals surface area contributed by atoms with Crippen LogP contribution in [0.4, 0.5) is 0 Å². The van der Waals surface area contributed by atoms with Crippen LogP contribution < -0.4 is 4.74 Å². The highest BCUT2D eigenvalue weighted by molar-refractivity contribution is 14.1. The van der Waals surface area contributed by atoms with Crippen molar-refractivity contribution in [3.63, 3.8) is 0 Å². The zero-order valence-corrected chi connectivity index (χ0v) is 15.6. The Kier molecular flexibility index (Phi) is 4.57. The summed E-state index contributed by atoms with van der Waals surface area (Å²) in [6.45, 7) is 0. The van der Waals surface area contributed by atoms with Gasteiger partial charge in [0.2, 0.25) is 5.82 Å². The van der Waals surface area contributed by atoms with Crippen LogP contribution in [0.25, 0.3) is 22.8 Å². The molecule has 0 saturated heterocycles. The Morgan fingerprint density at radius 2 is 1.35 bits per heavy atom. The van der Waals surface area contributed by atoms with E-state index in [0.717, 1.165) is 26.2 Å². The fourth-order valence-electron chi connectivity index (χ4n) is 2.37. The molecule has 0 bridgehead atoms.